The highest BCUT2D eigenvalue weighted by Crippen LogP contribution is 2.29. The summed E-state index contributed by atoms with van der Waals surface area (Å²) in [6, 6.07) is 13.4. The van der Waals surface area contributed by atoms with Gasteiger partial charge in [0.05, 0.1) is 7.11 Å². The monoisotopic (exact) mass is 346 g/mol. The van der Waals surface area contributed by atoms with Gasteiger partial charge < -0.3 is 14.8 Å². The van der Waals surface area contributed by atoms with Gasteiger partial charge in [0.25, 0.3) is 0 Å². The molecule has 1 heterocycles. The summed E-state index contributed by atoms with van der Waals surface area (Å²) in [5.41, 5.74) is 7.91. The first-order chi connectivity index (χ1) is 11.7. The summed E-state index contributed by atoms with van der Waals surface area (Å²) in [5.74, 6) is 2.12. The van der Waals surface area contributed by atoms with E-state index in [9.17, 15) is 0 Å². The molecule has 0 amide bonds. The third kappa shape index (κ3) is 4.31. The van der Waals surface area contributed by atoms with Crippen LogP contribution in [0.5, 0.6) is 11.5 Å². The quantitative estimate of drug-likeness (QED) is 0.749. The van der Waals surface area contributed by atoms with Crippen molar-refractivity contribution in [1.82, 2.24) is 16.2 Å². The number of ether oxygens (including phenoxy) is 2. The van der Waals surface area contributed by atoms with Crippen LogP contribution in [0, 0.1) is 0 Å². The first kappa shape index (κ1) is 16.4. The Bertz CT molecular complexity index is 736. The average molecular weight is 347 g/mol. The number of hydrogen-bond donors (Lipinski definition) is 3. The lowest BCUT2D eigenvalue weighted by Crippen LogP contribution is -2.38. The Balaban J connectivity index is 1.62. The van der Waals surface area contributed by atoms with Crippen molar-refractivity contribution < 1.29 is 9.47 Å². The summed E-state index contributed by atoms with van der Waals surface area (Å²) < 4.78 is 11.3. The van der Waals surface area contributed by atoms with Gasteiger partial charge in [0.1, 0.15) is 13.3 Å². The Labute approximate surface area is 145 Å². The highest BCUT2D eigenvalue weighted by Gasteiger charge is 2.08. The molecule has 0 fully saturated rings. The van der Waals surface area contributed by atoms with Crippen LogP contribution >= 0.6 is 11.6 Å². The van der Waals surface area contributed by atoms with Gasteiger partial charge in [-0.25, -0.2) is 10.4 Å². The highest BCUT2D eigenvalue weighted by atomic mass is 35.5. The van der Waals surface area contributed by atoms with E-state index in [-0.39, 0.29) is 0 Å². The summed E-state index contributed by atoms with van der Waals surface area (Å²) in [6.45, 7) is 1.64. The Morgan fingerprint density at radius 3 is 2.83 bits per heavy atom. The van der Waals surface area contributed by atoms with Crippen molar-refractivity contribution in [2.24, 2.45) is 4.99 Å². The van der Waals surface area contributed by atoms with E-state index >= 15 is 0 Å². The van der Waals surface area contributed by atoms with E-state index in [0.717, 1.165) is 17.1 Å². The van der Waals surface area contributed by atoms with Crippen LogP contribution in [0.2, 0.25) is 5.02 Å². The molecular formula is C17H19ClN4O2. The zero-order chi connectivity index (χ0) is 16.8. The normalized spacial score (nSPS) is 13.2. The van der Waals surface area contributed by atoms with Crippen molar-refractivity contribution in [3.8, 4) is 11.5 Å². The minimum absolute atomic E-state index is 0.431. The first-order valence-electron chi connectivity index (χ1n) is 7.56. The van der Waals surface area contributed by atoms with Gasteiger partial charge in [-0.2, -0.15) is 0 Å². The van der Waals surface area contributed by atoms with E-state index in [1.807, 2.05) is 42.5 Å². The second kappa shape index (κ2) is 7.90. The largest absolute Gasteiger partial charge is 0.493 e. The number of methoxy groups -OCH3 is 1. The lowest BCUT2D eigenvalue weighted by atomic mass is 10.2. The minimum atomic E-state index is 0.431. The first-order valence-corrected chi connectivity index (χ1v) is 7.94. The molecule has 6 nitrogen and oxygen atoms in total. The number of hydrogen-bond acceptors (Lipinski definition) is 6. The van der Waals surface area contributed by atoms with Crippen LogP contribution in [0.3, 0.4) is 0 Å². The molecule has 126 valence electrons. The Kier molecular flexibility index (Phi) is 5.40. The predicted octanol–water partition coefficient (Wildman–Crippen LogP) is 2.44. The number of nitrogens with zero attached hydrogens (tertiary/aromatic N) is 1. The Morgan fingerprint density at radius 1 is 1.17 bits per heavy atom. The van der Waals surface area contributed by atoms with E-state index in [2.05, 4.69) is 21.2 Å². The number of aliphatic imine (C=N–C) groups is 1. The molecule has 0 unspecified atom stereocenters. The fraction of sp³-hybridized carbons (Fsp3) is 0.235. The van der Waals surface area contributed by atoms with E-state index in [1.165, 1.54) is 0 Å². The third-order valence-electron chi connectivity index (χ3n) is 3.49. The molecular weight excluding hydrogens is 328 g/mol. The van der Waals surface area contributed by atoms with Gasteiger partial charge in [0.2, 0.25) is 5.96 Å². The maximum atomic E-state index is 5.99. The summed E-state index contributed by atoms with van der Waals surface area (Å²) in [5, 5.41) is 3.89. The van der Waals surface area contributed by atoms with Gasteiger partial charge in [-0.3, -0.25) is 5.43 Å². The zero-order valence-electron chi connectivity index (χ0n) is 13.3. The van der Waals surface area contributed by atoms with Gasteiger partial charge in [-0.1, -0.05) is 29.8 Å². The molecule has 0 spiro atoms. The van der Waals surface area contributed by atoms with Gasteiger partial charge >= 0.3 is 0 Å². The van der Waals surface area contributed by atoms with Gasteiger partial charge in [0.15, 0.2) is 11.5 Å². The van der Waals surface area contributed by atoms with Gasteiger partial charge in [0, 0.05) is 11.6 Å². The van der Waals surface area contributed by atoms with E-state index in [1.54, 1.807) is 7.11 Å². The average Bonchev–Trinajstić information content (AvgIpc) is 3.12. The van der Waals surface area contributed by atoms with Crippen molar-refractivity contribution >= 4 is 17.6 Å². The molecule has 0 radical (unpaired) electrons. The summed E-state index contributed by atoms with van der Waals surface area (Å²) in [7, 11) is 1.63. The van der Waals surface area contributed by atoms with Crippen molar-refractivity contribution in [2.45, 2.75) is 13.2 Å². The van der Waals surface area contributed by atoms with E-state index < -0.39 is 0 Å². The van der Waals surface area contributed by atoms with Crippen LogP contribution in [0.15, 0.2) is 47.5 Å². The predicted molar refractivity (Wildman–Crippen MR) is 94.2 cm³/mol. The smallest absolute Gasteiger partial charge is 0.207 e. The van der Waals surface area contributed by atoms with Crippen molar-refractivity contribution in [3.63, 3.8) is 0 Å². The molecule has 7 heteroatoms. The standard InChI is InChI=1S/C17H19ClN4O2/c1-23-16-8-12(9-19-17-20-11-21-22-17)5-6-15(16)24-10-13-3-2-4-14(18)7-13/h2-8,21H,9-11H2,1H3,(H2,19,20,22). The fourth-order valence-corrected chi connectivity index (χ4v) is 2.51. The van der Waals surface area contributed by atoms with Crippen LogP contribution < -0.4 is 25.6 Å². The highest BCUT2D eigenvalue weighted by molar-refractivity contribution is 6.30. The van der Waals surface area contributed by atoms with Crippen LogP contribution in [0.1, 0.15) is 11.1 Å². The summed E-state index contributed by atoms with van der Waals surface area (Å²) in [6.07, 6.45) is 0. The second-order valence-corrected chi connectivity index (χ2v) is 5.66. The molecule has 3 rings (SSSR count). The van der Waals surface area contributed by atoms with E-state index in [0.29, 0.717) is 36.3 Å². The number of guanidine groups is 1. The van der Waals surface area contributed by atoms with Gasteiger partial charge in [-0.15, -0.1) is 0 Å². The molecule has 0 saturated carbocycles. The number of hydrazine groups is 1. The molecule has 24 heavy (non-hydrogen) atoms. The minimum Gasteiger partial charge on any atom is -0.493 e. The van der Waals surface area contributed by atoms with Crippen molar-refractivity contribution in [3.05, 3.63) is 58.6 Å². The number of nitrogens with one attached hydrogen (secondary N) is 3. The Morgan fingerprint density at radius 2 is 2.08 bits per heavy atom. The summed E-state index contributed by atoms with van der Waals surface area (Å²) >= 11 is 5.99. The maximum absolute atomic E-state index is 5.99. The third-order valence-corrected chi connectivity index (χ3v) is 3.73. The molecule has 2 aromatic carbocycles. The van der Waals surface area contributed by atoms with Crippen LogP contribution in [-0.4, -0.2) is 19.7 Å². The van der Waals surface area contributed by atoms with Crippen LogP contribution in [0.25, 0.3) is 0 Å². The molecule has 2 aromatic rings. The van der Waals surface area contributed by atoms with Crippen LogP contribution in [-0.2, 0) is 13.2 Å². The summed E-state index contributed by atoms with van der Waals surface area (Å²) in [4.78, 5) is 4.20. The molecule has 1 aliphatic heterocycles. The molecule has 0 aliphatic carbocycles. The maximum Gasteiger partial charge on any atom is 0.207 e. The number of benzene rings is 2. The molecule has 0 bridgehead atoms. The number of rotatable bonds is 6. The zero-order valence-corrected chi connectivity index (χ0v) is 14.1. The topological polar surface area (TPSA) is 66.9 Å². The molecule has 3 N–H and O–H groups in total. The van der Waals surface area contributed by atoms with Gasteiger partial charge in [-0.05, 0) is 35.4 Å². The van der Waals surface area contributed by atoms with Crippen LogP contribution in [0.4, 0.5) is 0 Å². The lowest BCUT2D eigenvalue weighted by Gasteiger charge is -2.13. The second-order valence-electron chi connectivity index (χ2n) is 5.22. The molecule has 0 atom stereocenters. The molecule has 1 aliphatic rings. The van der Waals surface area contributed by atoms with E-state index in [4.69, 9.17) is 21.1 Å². The fourth-order valence-electron chi connectivity index (χ4n) is 2.30. The lowest BCUT2D eigenvalue weighted by molar-refractivity contribution is 0.284. The van der Waals surface area contributed by atoms with Crippen molar-refractivity contribution in [1.29, 1.82) is 0 Å². The SMILES string of the molecule is COc1cc(CNC2=NCNN2)ccc1OCc1cccc(Cl)c1. The molecule has 0 aromatic heterocycles. The number of halogens is 1. The molecule has 0 saturated heterocycles. The Hall–Kier alpha value is -2.44. The van der Waals surface area contributed by atoms with Crippen molar-refractivity contribution in [2.75, 3.05) is 13.8 Å².